The summed E-state index contributed by atoms with van der Waals surface area (Å²) >= 11 is 5.90. The molecule has 1 atom stereocenters. The van der Waals surface area contributed by atoms with E-state index in [0.29, 0.717) is 11.6 Å². The summed E-state index contributed by atoms with van der Waals surface area (Å²) in [6, 6.07) is 9.13. The molecule has 0 aliphatic carbocycles. The normalized spacial score (nSPS) is 12.3. The monoisotopic (exact) mass is 262 g/mol. The second-order valence-corrected chi connectivity index (χ2v) is 4.60. The number of pyridine rings is 1. The predicted octanol–water partition coefficient (Wildman–Crippen LogP) is 3.29. The van der Waals surface area contributed by atoms with Gasteiger partial charge >= 0.3 is 0 Å². The van der Waals surface area contributed by atoms with Gasteiger partial charge in [0.25, 0.3) is 0 Å². The maximum atomic E-state index is 9.71. The first kappa shape index (κ1) is 12.9. The Hall–Kier alpha value is -1.58. The number of rotatable bonds is 4. The fourth-order valence-corrected chi connectivity index (χ4v) is 1.90. The molecule has 1 heterocycles. The zero-order valence-electron chi connectivity index (χ0n) is 10.1. The second kappa shape index (κ2) is 5.85. The quantitative estimate of drug-likeness (QED) is 0.889. The molecule has 0 aliphatic rings. The van der Waals surface area contributed by atoms with Crippen molar-refractivity contribution >= 4 is 11.6 Å². The molecule has 2 rings (SSSR count). The summed E-state index contributed by atoms with van der Waals surface area (Å²) in [6.07, 6.45) is 3.58. The maximum absolute atomic E-state index is 9.71. The van der Waals surface area contributed by atoms with Crippen LogP contribution in [0.1, 0.15) is 24.1 Å². The van der Waals surface area contributed by atoms with E-state index in [1.807, 2.05) is 18.3 Å². The number of phenolic OH excluding ortho intramolecular Hbond substituents is 1. The van der Waals surface area contributed by atoms with Crippen molar-refractivity contribution in [1.82, 2.24) is 10.3 Å². The Bertz CT molecular complexity index is 516. The predicted molar refractivity (Wildman–Crippen MR) is 72.6 cm³/mol. The van der Waals surface area contributed by atoms with Crippen LogP contribution < -0.4 is 5.32 Å². The van der Waals surface area contributed by atoms with Gasteiger partial charge in [0, 0.05) is 35.6 Å². The van der Waals surface area contributed by atoms with Gasteiger partial charge in [0.2, 0.25) is 0 Å². The zero-order chi connectivity index (χ0) is 13.0. The molecular formula is C14H15ClN2O. The minimum Gasteiger partial charge on any atom is -0.508 e. The van der Waals surface area contributed by atoms with E-state index in [1.54, 1.807) is 24.4 Å². The van der Waals surface area contributed by atoms with Crippen molar-refractivity contribution in [1.29, 1.82) is 0 Å². The smallest absolute Gasteiger partial charge is 0.120 e. The lowest BCUT2D eigenvalue weighted by Gasteiger charge is -2.14. The minimum absolute atomic E-state index is 0.164. The number of nitrogens with one attached hydrogen (secondary N) is 1. The highest BCUT2D eigenvalue weighted by Crippen LogP contribution is 2.22. The fraction of sp³-hybridized carbons (Fsp3) is 0.214. The van der Waals surface area contributed by atoms with Crippen LogP contribution >= 0.6 is 11.6 Å². The van der Waals surface area contributed by atoms with E-state index in [1.165, 1.54) is 0 Å². The molecule has 0 saturated carbocycles. The van der Waals surface area contributed by atoms with E-state index in [2.05, 4.69) is 17.2 Å². The van der Waals surface area contributed by atoms with E-state index in [-0.39, 0.29) is 11.8 Å². The molecule has 1 aromatic heterocycles. The van der Waals surface area contributed by atoms with E-state index in [9.17, 15) is 5.11 Å². The van der Waals surface area contributed by atoms with E-state index in [4.69, 9.17) is 11.6 Å². The highest BCUT2D eigenvalue weighted by Gasteiger charge is 2.07. The maximum Gasteiger partial charge on any atom is 0.120 e. The van der Waals surface area contributed by atoms with Crippen LogP contribution in [0.3, 0.4) is 0 Å². The van der Waals surface area contributed by atoms with Crippen molar-refractivity contribution in [3.05, 3.63) is 58.9 Å². The third kappa shape index (κ3) is 3.22. The average molecular weight is 263 g/mol. The van der Waals surface area contributed by atoms with Crippen molar-refractivity contribution in [2.24, 2.45) is 0 Å². The highest BCUT2D eigenvalue weighted by atomic mass is 35.5. The zero-order valence-corrected chi connectivity index (χ0v) is 10.9. The van der Waals surface area contributed by atoms with Gasteiger partial charge in [-0.1, -0.05) is 17.7 Å². The van der Waals surface area contributed by atoms with Crippen LogP contribution in [0.25, 0.3) is 0 Å². The first-order valence-electron chi connectivity index (χ1n) is 5.77. The summed E-state index contributed by atoms with van der Waals surface area (Å²) in [6.45, 7) is 2.61. The van der Waals surface area contributed by atoms with Crippen LogP contribution in [0.5, 0.6) is 5.75 Å². The number of phenols is 1. The number of halogens is 1. The lowest BCUT2D eigenvalue weighted by Crippen LogP contribution is -2.18. The molecule has 0 aliphatic heterocycles. The van der Waals surface area contributed by atoms with Crippen LogP contribution in [0.15, 0.2) is 42.7 Å². The molecule has 1 aromatic carbocycles. The molecular weight excluding hydrogens is 248 g/mol. The van der Waals surface area contributed by atoms with Crippen LogP contribution in [-0.2, 0) is 6.54 Å². The Balaban J connectivity index is 2.01. The Morgan fingerprint density at radius 1 is 1.39 bits per heavy atom. The summed E-state index contributed by atoms with van der Waals surface area (Å²) < 4.78 is 0. The third-order valence-corrected chi connectivity index (χ3v) is 3.06. The summed E-state index contributed by atoms with van der Waals surface area (Å²) in [5.74, 6) is 0.255. The van der Waals surface area contributed by atoms with Gasteiger partial charge in [-0.15, -0.1) is 0 Å². The molecule has 0 bridgehead atoms. The summed E-state index contributed by atoms with van der Waals surface area (Å²) in [5, 5.41) is 13.7. The molecule has 0 unspecified atom stereocenters. The van der Waals surface area contributed by atoms with Gasteiger partial charge in [-0.05, 0) is 36.8 Å². The highest BCUT2D eigenvalue weighted by molar-refractivity contribution is 6.30. The van der Waals surface area contributed by atoms with Crippen molar-refractivity contribution in [2.75, 3.05) is 0 Å². The molecule has 94 valence electrons. The SMILES string of the molecule is C[C@@H](NCc1cc(Cl)ccc1O)c1cccnc1. The number of aromatic nitrogens is 1. The molecule has 0 saturated heterocycles. The van der Waals surface area contributed by atoms with Crippen molar-refractivity contribution in [3.63, 3.8) is 0 Å². The van der Waals surface area contributed by atoms with E-state index >= 15 is 0 Å². The minimum atomic E-state index is 0.164. The van der Waals surface area contributed by atoms with E-state index < -0.39 is 0 Å². The topological polar surface area (TPSA) is 45.1 Å². The van der Waals surface area contributed by atoms with Crippen molar-refractivity contribution in [3.8, 4) is 5.75 Å². The lowest BCUT2D eigenvalue weighted by atomic mass is 10.1. The lowest BCUT2D eigenvalue weighted by molar-refractivity contribution is 0.460. The van der Waals surface area contributed by atoms with Crippen LogP contribution in [0, 0.1) is 0 Å². The summed E-state index contributed by atoms with van der Waals surface area (Å²) in [7, 11) is 0. The summed E-state index contributed by atoms with van der Waals surface area (Å²) in [5.41, 5.74) is 1.90. The molecule has 3 nitrogen and oxygen atoms in total. The number of nitrogens with zero attached hydrogens (tertiary/aromatic N) is 1. The van der Waals surface area contributed by atoms with Crippen LogP contribution in [-0.4, -0.2) is 10.1 Å². The van der Waals surface area contributed by atoms with E-state index in [0.717, 1.165) is 11.1 Å². The van der Waals surface area contributed by atoms with Gasteiger partial charge in [-0.2, -0.15) is 0 Å². The third-order valence-electron chi connectivity index (χ3n) is 2.82. The second-order valence-electron chi connectivity index (χ2n) is 4.16. The number of benzene rings is 1. The standard InChI is InChI=1S/C14H15ClN2O/c1-10(11-3-2-6-16-8-11)17-9-12-7-13(15)4-5-14(12)18/h2-8,10,17-18H,9H2,1H3/t10-/m1/s1. The van der Waals surface area contributed by atoms with Gasteiger partial charge in [-0.3, -0.25) is 4.98 Å². The van der Waals surface area contributed by atoms with Gasteiger partial charge in [0.05, 0.1) is 0 Å². The summed E-state index contributed by atoms with van der Waals surface area (Å²) in [4.78, 5) is 4.08. The molecule has 2 N–H and O–H groups in total. The van der Waals surface area contributed by atoms with Crippen molar-refractivity contribution in [2.45, 2.75) is 19.5 Å². The molecule has 0 amide bonds. The first-order chi connectivity index (χ1) is 8.66. The molecule has 2 aromatic rings. The molecule has 0 spiro atoms. The fourth-order valence-electron chi connectivity index (χ4n) is 1.71. The van der Waals surface area contributed by atoms with Crippen LogP contribution in [0.4, 0.5) is 0 Å². The Labute approximate surface area is 111 Å². The van der Waals surface area contributed by atoms with Gasteiger partial charge < -0.3 is 10.4 Å². The molecule has 4 heteroatoms. The molecule has 0 fully saturated rings. The average Bonchev–Trinajstić information content (AvgIpc) is 2.40. The molecule has 0 radical (unpaired) electrons. The Kier molecular flexibility index (Phi) is 4.18. The largest absolute Gasteiger partial charge is 0.508 e. The number of aromatic hydroxyl groups is 1. The van der Waals surface area contributed by atoms with Crippen LogP contribution in [0.2, 0.25) is 5.02 Å². The molecule has 18 heavy (non-hydrogen) atoms. The first-order valence-corrected chi connectivity index (χ1v) is 6.15. The van der Waals surface area contributed by atoms with Crippen molar-refractivity contribution < 1.29 is 5.11 Å². The number of hydrogen-bond acceptors (Lipinski definition) is 3. The Morgan fingerprint density at radius 3 is 2.94 bits per heavy atom. The van der Waals surface area contributed by atoms with Gasteiger partial charge in [-0.25, -0.2) is 0 Å². The number of hydrogen-bond donors (Lipinski definition) is 2. The van der Waals surface area contributed by atoms with Gasteiger partial charge in [0.1, 0.15) is 5.75 Å². The Morgan fingerprint density at radius 2 is 2.22 bits per heavy atom. The van der Waals surface area contributed by atoms with Gasteiger partial charge in [0.15, 0.2) is 0 Å².